The van der Waals surface area contributed by atoms with Gasteiger partial charge in [0.05, 0.1) is 13.0 Å². The molecule has 0 aromatic heterocycles. The lowest BCUT2D eigenvalue weighted by atomic mass is 9.97. The van der Waals surface area contributed by atoms with E-state index in [4.69, 9.17) is 9.84 Å². The average molecular weight is 251 g/mol. The lowest BCUT2D eigenvalue weighted by Crippen LogP contribution is -2.15. The van der Waals surface area contributed by atoms with Gasteiger partial charge in [-0.1, -0.05) is 12.1 Å². The molecule has 0 spiro atoms. The van der Waals surface area contributed by atoms with E-state index in [0.717, 1.165) is 24.1 Å². The molecule has 0 fully saturated rings. The van der Waals surface area contributed by atoms with Crippen molar-refractivity contribution in [1.82, 2.24) is 4.90 Å². The number of hydrogen-bond acceptors (Lipinski definition) is 3. The second kappa shape index (κ2) is 6.40. The van der Waals surface area contributed by atoms with Crippen LogP contribution in [0.3, 0.4) is 0 Å². The van der Waals surface area contributed by atoms with Crippen molar-refractivity contribution < 1.29 is 14.6 Å². The molecule has 1 unspecified atom stereocenters. The van der Waals surface area contributed by atoms with Gasteiger partial charge in [-0.05, 0) is 39.1 Å². The summed E-state index contributed by atoms with van der Waals surface area (Å²) in [5.41, 5.74) is 1.87. The van der Waals surface area contributed by atoms with E-state index in [2.05, 4.69) is 4.90 Å². The van der Waals surface area contributed by atoms with Crippen molar-refractivity contribution in [2.75, 3.05) is 27.7 Å². The van der Waals surface area contributed by atoms with Crippen LogP contribution >= 0.6 is 0 Å². The number of likely N-dealkylation sites (N-methyl/N-ethyl adjacent to an activating group) is 1. The number of carboxylic acid groups (broad SMARTS) is 1. The Balaban J connectivity index is 2.98. The molecule has 100 valence electrons. The standard InChI is InChI=1S/C14H21NO3/c1-10(14(16)17)12-9-11(7-8-15(2)3)5-6-13(12)18-4/h5-6,9-10H,7-8H2,1-4H3,(H,16,17). The zero-order chi connectivity index (χ0) is 13.7. The molecule has 0 radical (unpaired) electrons. The maximum atomic E-state index is 11.1. The molecule has 1 aromatic carbocycles. The van der Waals surface area contributed by atoms with Gasteiger partial charge in [0.15, 0.2) is 0 Å². The van der Waals surface area contributed by atoms with Crippen molar-refractivity contribution >= 4 is 5.97 Å². The summed E-state index contributed by atoms with van der Waals surface area (Å²) >= 11 is 0. The van der Waals surface area contributed by atoms with Crippen molar-refractivity contribution in [3.8, 4) is 5.75 Å². The Labute approximate surface area is 108 Å². The molecule has 1 N–H and O–H groups in total. The van der Waals surface area contributed by atoms with Gasteiger partial charge in [-0.2, -0.15) is 0 Å². The molecule has 0 aliphatic rings. The highest BCUT2D eigenvalue weighted by atomic mass is 16.5. The topological polar surface area (TPSA) is 49.8 Å². The Morgan fingerprint density at radius 1 is 1.44 bits per heavy atom. The SMILES string of the molecule is COc1ccc(CCN(C)C)cc1C(C)C(=O)O. The Hall–Kier alpha value is -1.55. The first-order valence-corrected chi connectivity index (χ1v) is 6.00. The van der Waals surface area contributed by atoms with Crippen LogP contribution in [0.4, 0.5) is 0 Å². The van der Waals surface area contributed by atoms with Crippen molar-refractivity contribution in [2.45, 2.75) is 19.3 Å². The summed E-state index contributed by atoms with van der Waals surface area (Å²) in [7, 11) is 5.60. The van der Waals surface area contributed by atoms with Gasteiger partial charge in [0.2, 0.25) is 0 Å². The van der Waals surface area contributed by atoms with Crippen LogP contribution in [0.5, 0.6) is 5.75 Å². The quantitative estimate of drug-likeness (QED) is 0.840. The van der Waals surface area contributed by atoms with Crippen molar-refractivity contribution in [3.05, 3.63) is 29.3 Å². The Kier molecular flexibility index (Phi) is 5.16. The zero-order valence-corrected chi connectivity index (χ0v) is 11.4. The fourth-order valence-corrected chi connectivity index (χ4v) is 1.76. The predicted octanol–water partition coefficient (Wildman–Crippen LogP) is 1.99. The number of carbonyl (C=O) groups is 1. The minimum atomic E-state index is -0.835. The second-order valence-electron chi connectivity index (χ2n) is 4.69. The highest BCUT2D eigenvalue weighted by Crippen LogP contribution is 2.28. The van der Waals surface area contributed by atoms with Crippen molar-refractivity contribution in [1.29, 1.82) is 0 Å². The van der Waals surface area contributed by atoms with E-state index in [0.29, 0.717) is 5.75 Å². The smallest absolute Gasteiger partial charge is 0.310 e. The number of nitrogens with zero attached hydrogens (tertiary/aromatic N) is 1. The minimum absolute atomic E-state index is 0.556. The molecule has 0 saturated heterocycles. The average Bonchev–Trinajstić information content (AvgIpc) is 2.34. The molecule has 1 aromatic rings. The van der Waals surface area contributed by atoms with Gasteiger partial charge in [-0.15, -0.1) is 0 Å². The second-order valence-corrected chi connectivity index (χ2v) is 4.69. The minimum Gasteiger partial charge on any atom is -0.496 e. The van der Waals surface area contributed by atoms with Gasteiger partial charge >= 0.3 is 5.97 Å². The zero-order valence-electron chi connectivity index (χ0n) is 11.4. The Bertz CT molecular complexity index is 416. The van der Waals surface area contributed by atoms with Crippen LogP contribution in [-0.4, -0.2) is 43.7 Å². The van der Waals surface area contributed by atoms with Crippen LogP contribution in [0.1, 0.15) is 24.0 Å². The van der Waals surface area contributed by atoms with Crippen molar-refractivity contribution in [2.24, 2.45) is 0 Å². The molecule has 0 aliphatic heterocycles. The van der Waals surface area contributed by atoms with Crippen LogP contribution in [0.15, 0.2) is 18.2 Å². The normalized spacial score (nSPS) is 12.5. The van der Waals surface area contributed by atoms with Crippen LogP contribution in [0.25, 0.3) is 0 Å². The van der Waals surface area contributed by atoms with Gasteiger partial charge in [0.1, 0.15) is 5.75 Å². The number of hydrogen-bond donors (Lipinski definition) is 1. The predicted molar refractivity (Wildman–Crippen MR) is 71.3 cm³/mol. The molecule has 18 heavy (non-hydrogen) atoms. The van der Waals surface area contributed by atoms with Gasteiger partial charge in [-0.3, -0.25) is 4.79 Å². The molecule has 0 aliphatic carbocycles. The Morgan fingerprint density at radius 3 is 2.61 bits per heavy atom. The van der Waals surface area contributed by atoms with Crippen LogP contribution < -0.4 is 4.74 Å². The number of ether oxygens (including phenoxy) is 1. The number of rotatable bonds is 6. The van der Waals surface area contributed by atoms with Gasteiger partial charge < -0.3 is 14.7 Å². The molecule has 4 nitrogen and oxygen atoms in total. The third-order valence-electron chi connectivity index (χ3n) is 2.98. The first-order chi connectivity index (χ1) is 8.45. The summed E-state index contributed by atoms with van der Waals surface area (Å²) in [6.45, 7) is 2.61. The fraction of sp³-hybridized carbons (Fsp3) is 0.500. The summed E-state index contributed by atoms with van der Waals surface area (Å²) in [4.78, 5) is 13.2. The molecule has 0 heterocycles. The van der Waals surface area contributed by atoms with Gasteiger partial charge in [0.25, 0.3) is 0 Å². The van der Waals surface area contributed by atoms with E-state index in [-0.39, 0.29) is 0 Å². The monoisotopic (exact) mass is 251 g/mol. The van der Waals surface area contributed by atoms with E-state index in [9.17, 15) is 4.79 Å². The maximum absolute atomic E-state index is 11.1. The number of methoxy groups -OCH3 is 1. The van der Waals surface area contributed by atoms with E-state index in [1.165, 1.54) is 0 Å². The van der Waals surface area contributed by atoms with E-state index < -0.39 is 11.9 Å². The largest absolute Gasteiger partial charge is 0.496 e. The molecule has 1 atom stereocenters. The number of aliphatic carboxylic acids is 1. The fourth-order valence-electron chi connectivity index (χ4n) is 1.76. The number of carboxylic acids is 1. The molecule has 4 heteroatoms. The van der Waals surface area contributed by atoms with E-state index >= 15 is 0 Å². The summed E-state index contributed by atoms with van der Waals surface area (Å²) in [5, 5.41) is 9.10. The maximum Gasteiger partial charge on any atom is 0.310 e. The third-order valence-corrected chi connectivity index (χ3v) is 2.98. The van der Waals surface area contributed by atoms with E-state index in [1.54, 1.807) is 14.0 Å². The molecule has 1 rings (SSSR count). The van der Waals surface area contributed by atoms with Crippen molar-refractivity contribution in [3.63, 3.8) is 0 Å². The molecule has 0 saturated carbocycles. The lowest BCUT2D eigenvalue weighted by molar-refractivity contribution is -0.138. The highest BCUT2D eigenvalue weighted by molar-refractivity contribution is 5.76. The molecule has 0 amide bonds. The summed E-state index contributed by atoms with van der Waals surface area (Å²) < 4.78 is 5.22. The third kappa shape index (κ3) is 3.74. The highest BCUT2D eigenvalue weighted by Gasteiger charge is 2.18. The number of benzene rings is 1. The van der Waals surface area contributed by atoms with Crippen LogP contribution in [0, 0.1) is 0 Å². The molecular weight excluding hydrogens is 230 g/mol. The van der Waals surface area contributed by atoms with Crippen LogP contribution in [0.2, 0.25) is 0 Å². The van der Waals surface area contributed by atoms with E-state index in [1.807, 2.05) is 32.3 Å². The van der Waals surface area contributed by atoms with Gasteiger partial charge in [0, 0.05) is 12.1 Å². The summed E-state index contributed by atoms with van der Waals surface area (Å²) in [6, 6.07) is 5.77. The van der Waals surface area contributed by atoms with Gasteiger partial charge in [-0.25, -0.2) is 0 Å². The first-order valence-electron chi connectivity index (χ1n) is 6.00. The van der Waals surface area contributed by atoms with Crippen LogP contribution in [-0.2, 0) is 11.2 Å². The molecular formula is C14H21NO3. The Morgan fingerprint density at radius 2 is 2.11 bits per heavy atom. The lowest BCUT2D eigenvalue weighted by Gasteiger charge is -2.15. The first kappa shape index (κ1) is 14.5. The summed E-state index contributed by atoms with van der Waals surface area (Å²) in [6.07, 6.45) is 0.899. The summed E-state index contributed by atoms with van der Waals surface area (Å²) in [5.74, 6) is -0.754. The molecule has 0 bridgehead atoms.